The maximum atomic E-state index is 15.2. The van der Waals surface area contributed by atoms with Crippen molar-refractivity contribution in [3.05, 3.63) is 125 Å². The number of methoxy groups -OCH3 is 1. The van der Waals surface area contributed by atoms with Crippen molar-refractivity contribution >= 4 is 39.1 Å². The zero-order valence-electron chi connectivity index (χ0n) is 27.6. The average molecular weight is 706 g/mol. The van der Waals surface area contributed by atoms with Crippen LogP contribution in [0.3, 0.4) is 0 Å². The minimum atomic E-state index is -4.33. The molecule has 2 amide bonds. The Morgan fingerprint density at radius 1 is 0.939 bits per heavy atom. The van der Waals surface area contributed by atoms with Crippen LogP contribution in [0.2, 0.25) is 5.02 Å². The number of carbonyl (C=O) groups excluding carboxylic acids is 2. The van der Waals surface area contributed by atoms with Crippen LogP contribution in [0.1, 0.15) is 48.8 Å². The molecule has 0 aromatic heterocycles. The van der Waals surface area contributed by atoms with Gasteiger partial charge in [0.2, 0.25) is 11.8 Å². The van der Waals surface area contributed by atoms with Crippen molar-refractivity contribution in [3.8, 4) is 5.75 Å². The Hall–Kier alpha value is -4.41. The number of halogens is 2. The summed E-state index contributed by atoms with van der Waals surface area (Å²) < 4.78 is 50.0. The lowest BCUT2D eigenvalue weighted by Gasteiger charge is -2.35. The van der Waals surface area contributed by atoms with Gasteiger partial charge in [0.1, 0.15) is 24.2 Å². The van der Waals surface area contributed by atoms with E-state index >= 15 is 4.39 Å². The molecule has 0 bridgehead atoms. The highest BCUT2D eigenvalue weighted by molar-refractivity contribution is 7.92. The van der Waals surface area contributed by atoms with Gasteiger partial charge in [-0.25, -0.2) is 12.8 Å². The van der Waals surface area contributed by atoms with Crippen molar-refractivity contribution in [3.63, 3.8) is 0 Å². The first-order valence-electron chi connectivity index (χ1n) is 16.4. The van der Waals surface area contributed by atoms with Gasteiger partial charge in [-0.3, -0.25) is 13.9 Å². The molecule has 0 heterocycles. The average Bonchev–Trinajstić information content (AvgIpc) is 3.10. The summed E-state index contributed by atoms with van der Waals surface area (Å²) in [5.74, 6) is -1.28. The number of anilines is 1. The Morgan fingerprint density at radius 2 is 1.61 bits per heavy atom. The van der Waals surface area contributed by atoms with Gasteiger partial charge >= 0.3 is 0 Å². The molecule has 258 valence electrons. The number of ether oxygens (including phenoxy) is 1. The molecule has 11 heteroatoms. The predicted octanol–water partition coefficient (Wildman–Crippen LogP) is 7.08. The first-order valence-corrected chi connectivity index (χ1v) is 18.2. The maximum Gasteiger partial charge on any atom is 0.264 e. The zero-order chi connectivity index (χ0) is 35.0. The number of sulfonamides is 1. The van der Waals surface area contributed by atoms with E-state index in [1.165, 1.54) is 48.4 Å². The van der Waals surface area contributed by atoms with E-state index in [4.69, 9.17) is 16.3 Å². The number of nitrogens with zero attached hydrogens (tertiary/aromatic N) is 2. The number of carbonyl (C=O) groups is 2. The van der Waals surface area contributed by atoms with Gasteiger partial charge in [0, 0.05) is 24.6 Å². The number of aryl methyl sites for hydroxylation is 1. The summed E-state index contributed by atoms with van der Waals surface area (Å²) in [5, 5.41) is 3.30. The summed E-state index contributed by atoms with van der Waals surface area (Å²) >= 11 is 6.45. The number of rotatable bonds is 13. The predicted molar refractivity (Wildman–Crippen MR) is 190 cm³/mol. The summed E-state index contributed by atoms with van der Waals surface area (Å²) in [6.07, 6.45) is 4.86. The molecule has 0 aliphatic heterocycles. The molecule has 0 saturated heterocycles. The van der Waals surface area contributed by atoms with E-state index in [0.29, 0.717) is 5.75 Å². The molecule has 5 rings (SSSR count). The second kappa shape index (κ2) is 16.3. The minimum Gasteiger partial charge on any atom is -0.495 e. The molecule has 1 saturated carbocycles. The smallest absolute Gasteiger partial charge is 0.264 e. The van der Waals surface area contributed by atoms with Gasteiger partial charge in [0.15, 0.2) is 0 Å². The Balaban J connectivity index is 1.59. The Kier molecular flexibility index (Phi) is 12.0. The summed E-state index contributed by atoms with van der Waals surface area (Å²) in [5.41, 5.74) is 1.97. The quantitative estimate of drug-likeness (QED) is 0.160. The van der Waals surface area contributed by atoms with Gasteiger partial charge in [-0.2, -0.15) is 0 Å². The molecule has 1 fully saturated rings. The molecule has 1 aliphatic carbocycles. The summed E-state index contributed by atoms with van der Waals surface area (Å²) in [4.78, 5) is 30.1. The zero-order valence-corrected chi connectivity index (χ0v) is 29.2. The minimum absolute atomic E-state index is 0.0330. The van der Waals surface area contributed by atoms with E-state index in [1.807, 2.05) is 37.3 Å². The van der Waals surface area contributed by atoms with Crippen molar-refractivity contribution in [2.24, 2.45) is 0 Å². The van der Waals surface area contributed by atoms with Gasteiger partial charge in [-0.15, -0.1) is 0 Å². The maximum absolute atomic E-state index is 15.2. The molecule has 49 heavy (non-hydrogen) atoms. The largest absolute Gasteiger partial charge is 0.495 e. The van der Waals surface area contributed by atoms with Crippen molar-refractivity contribution in [1.82, 2.24) is 10.2 Å². The number of nitrogens with one attached hydrogen (secondary N) is 1. The van der Waals surface area contributed by atoms with Crippen molar-refractivity contribution in [1.29, 1.82) is 0 Å². The van der Waals surface area contributed by atoms with Crippen LogP contribution in [-0.2, 0) is 32.6 Å². The molecule has 1 atom stereocenters. The monoisotopic (exact) mass is 705 g/mol. The van der Waals surface area contributed by atoms with Crippen LogP contribution in [0.5, 0.6) is 5.75 Å². The van der Waals surface area contributed by atoms with Crippen LogP contribution in [0.25, 0.3) is 0 Å². The van der Waals surface area contributed by atoms with E-state index in [9.17, 15) is 18.0 Å². The van der Waals surface area contributed by atoms with E-state index < -0.39 is 34.3 Å². The highest BCUT2D eigenvalue weighted by Crippen LogP contribution is 2.32. The van der Waals surface area contributed by atoms with Gasteiger partial charge < -0.3 is 15.0 Å². The molecule has 1 unspecified atom stereocenters. The lowest BCUT2D eigenvalue weighted by atomic mass is 9.94. The SMILES string of the molecule is COc1ccc(N(CC(=O)N(Cc2ccccc2F)C(Cc2ccccc2)C(=O)NC2CCCCC2)S(=O)(=O)c2ccc(C)cc2)cc1Cl. The number of hydrogen-bond acceptors (Lipinski definition) is 5. The van der Waals surface area contributed by atoms with Gasteiger partial charge in [0.05, 0.1) is 22.7 Å². The lowest BCUT2D eigenvalue weighted by Crippen LogP contribution is -2.55. The molecular formula is C38H41ClFN3O5S. The van der Waals surface area contributed by atoms with Gasteiger partial charge in [-0.05, 0) is 61.7 Å². The Bertz CT molecular complexity index is 1850. The van der Waals surface area contributed by atoms with Crippen molar-refractivity contribution in [2.75, 3.05) is 18.0 Å². The van der Waals surface area contributed by atoms with E-state index in [0.717, 1.165) is 47.5 Å². The second-order valence-electron chi connectivity index (χ2n) is 12.3. The summed E-state index contributed by atoms with van der Waals surface area (Å²) in [7, 11) is -2.89. The topological polar surface area (TPSA) is 96.0 Å². The third-order valence-electron chi connectivity index (χ3n) is 8.83. The molecule has 1 aliphatic rings. The summed E-state index contributed by atoms with van der Waals surface area (Å²) in [6.45, 7) is 0.894. The van der Waals surface area contributed by atoms with Crippen LogP contribution in [0, 0.1) is 12.7 Å². The molecule has 1 N–H and O–H groups in total. The molecular weight excluding hydrogens is 665 g/mol. The molecule has 4 aromatic rings. The lowest BCUT2D eigenvalue weighted by molar-refractivity contribution is -0.140. The second-order valence-corrected chi connectivity index (χ2v) is 14.6. The van der Waals surface area contributed by atoms with Gasteiger partial charge in [-0.1, -0.05) is 97.1 Å². The summed E-state index contributed by atoms with van der Waals surface area (Å²) in [6, 6.07) is 24.9. The number of benzene rings is 4. The Labute approximate surface area is 292 Å². The van der Waals surface area contributed by atoms with Crippen molar-refractivity contribution < 1.29 is 27.1 Å². The number of amides is 2. The van der Waals surface area contributed by atoms with E-state index in [1.54, 1.807) is 30.3 Å². The van der Waals surface area contributed by atoms with Crippen LogP contribution >= 0.6 is 11.6 Å². The van der Waals surface area contributed by atoms with Gasteiger partial charge in [0.25, 0.3) is 10.0 Å². The fourth-order valence-electron chi connectivity index (χ4n) is 6.09. The van der Waals surface area contributed by atoms with Crippen LogP contribution in [0.15, 0.2) is 102 Å². The van der Waals surface area contributed by atoms with E-state index in [-0.39, 0.29) is 46.1 Å². The third kappa shape index (κ3) is 8.99. The number of hydrogen-bond donors (Lipinski definition) is 1. The highest BCUT2D eigenvalue weighted by Gasteiger charge is 2.36. The first-order chi connectivity index (χ1) is 23.6. The fourth-order valence-corrected chi connectivity index (χ4v) is 7.74. The molecule has 8 nitrogen and oxygen atoms in total. The van der Waals surface area contributed by atoms with Crippen LogP contribution in [-0.4, -0.2) is 50.9 Å². The normalized spacial score (nSPS) is 14.1. The fraction of sp³-hybridized carbons (Fsp3) is 0.316. The third-order valence-corrected chi connectivity index (χ3v) is 10.9. The first kappa shape index (κ1) is 35.9. The molecule has 0 radical (unpaired) electrons. The standard InChI is InChI=1S/C38H41ClFN3O5S/c1-27-17-20-32(21-18-27)49(46,47)43(31-19-22-36(48-2)33(39)24-31)26-37(44)42(25-29-13-9-10-16-34(29)40)35(23-28-11-5-3-6-12-28)38(45)41-30-14-7-4-8-15-30/h3,5-6,9-13,16-22,24,30,35H,4,7-8,14-15,23,25-26H2,1-2H3,(H,41,45). The van der Waals surface area contributed by atoms with Crippen molar-refractivity contribution in [2.45, 2.75) is 69.0 Å². The molecule has 4 aromatic carbocycles. The Morgan fingerprint density at radius 3 is 2.27 bits per heavy atom. The van der Waals surface area contributed by atoms with Crippen LogP contribution in [0.4, 0.5) is 10.1 Å². The van der Waals surface area contributed by atoms with Crippen LogP contribution < -0.4 is 14.4 Å². The van der Waals surface area contributed by atoms with E-state index in [2.05, 4.69) is 5.32 Å². The molecule has 0 spiro atoms. The highest BCUT2D eigenvalue weighted by atomic mass is 35.5.